The van der Waals surface area contributed by atoms with Crippen molar-refractivity contribution in [1.82, 2.24) is 0 Å². The van der Waals surface area contributed by atoms with Crippen molar-refractivity contribution in [3.8, 4) is 17.4 Å². The topological polar surface area (TPSA) is 83.1 Å². The third-order valence-corrected chi connectivity index (χ3v) is 4.76. The minimum Gasteiger partial charge on any atom is -0.457 e. The van der Waals surface area contributed by atoms with E-state index in [0.29, 0.717) is 33.4 Å². The molecule has 6 heteroatoms. The SMILES string of the molecule is CC(=O)c1cccc(-c2ccc(/C=C(/C#N)C(=O)Nc3cccc(Cl)c3C)o2)c1. The Morgan fingerprint density at radius 1 is 1.14 bits per heavy atom. The van der Waals surface area contributed by atoms with Gasteiger partial charge < -0.3 is 9.73 Å². The maximum absolute atomic E-state index is 12.5. The summed E-state index contributed by atoms with van der Waals surface area (Å²) in [5.74, 6) is 0.276. The van der Waals surface area contributed by atoms with Gasteiger partial charge in [0.25, 0.3) is 5.91 Å². The van der Waals surface area contributed by atoms with Crippen LogP contribution in [0.3, 0.4) is 0 Å². The number of furan rings is 1. The number of amides is 1. The molecule has 0 saturated carbocycles. The maximum atomic E-state index is 12.5. The first kappa shape index (κ1) is 20.1. The highest BCUT2D eigenvalue weighted by atomic mass is 35.5. The fourth-order valence-corrected chi connectivity index (χ4v) is 2.87. The number of nitriles is 1. The van der Waals surface area contributed by atoms with Gasteiger partial charge in [0.05, 0.1) is 0 Å². The number of rotatable bonds is 5. The van der Waals surface area contributed by atoms with Gasteiger partial charge in [-0.25, -0.2) is 0 Å². The van der Waals surface area contributed by atoms with Crippen LogP contribution in [-0.2, 0) is 4.79 Å². The standard InChI is InChI=1S/C23H17ClN2O3/c1-14-20(24)7-4-8-21(14)26-23(28)18(13-25)12-19-9-10-22(29-19)17-6-3-5-16(11-17)15(2)27/h3-12H,1-2H3,(H,26,28)/b18-12-. The lowest BCUT2D eigenvalue weighted by molar-refractivity contribution is -0.112. The van der Waals surface area contributed by atoms with Crippen LogP contribution in [0, 0.1) is 18.3 Å². The van der Waals surface area contributed by atoms with E-state index < -0.39 is 5.91 Å². The first-order valence-corrected chi connectivity index (χ1v) is 9.16. The van der Waals surface area contributed by atoms with Crippen LogP contribution < -0.4 is 5.32 Å². The highest BCUT2D eigenvalue weighted by Crippen LogP contribution is 2.26. The summed E-state index contributed by atoms with van der Waals surface area (Å²) < 4.78 is 5.74. The lowest BCUT2D eigenvalue weighted by atomic mass is 10.1. The van der Waals surface area contributed by atoms with Crippen molar-refractivity contribution in [3.05, 3.63) is 82.1 Å². The van der Waals surface area contributed by atoms with Gasteiger partial charge in [-0.1, -0.05) is 35.9 Å². The molecule has 0 aliphatic heterocycles. The van der Waals surface area contributed by atoms with Crippen LogP contribution in [0.1, 0.15) is 28.6 Å². The Balaban J connectivity index is 1.84. The van der Waals surface area contributed by atoms with Crippen LogP contribution >= 0.6 is 11.6 Å². The molecule has 0 aliphatic carbocycles. The quantitative estimate of drug-likeness (QED) is 0.338. The van der Waals surface area contributed by atoms with E-state index in [0.717, 1.165) is 5.56 Å². The Hall–Kier alpha value is -3.62. The predicted molar refractivity (Wildman–Crippen MR) is 113 cm³/mol. The van der Waals surface area contributed by atoms with Gasteiger partial charge in [0, 0.05) is 27.9 Å². The van der Waals surface area contributed by atoms with Gasteiger partial charge in [-0.05, 0) is 49.7 Å². The zero-order valence-electron chi connectivity index (χ0n) is 15.8. The largest absolute Gasteiger partial charge is 0.457 e. The Labute approximate surface area is 173 Å². The molecule has 0 saturated heterocycles. The van der Waals surface area contributed by atoms with E-state index in [2.05, 4.69) is 5.32 Å². The van der Waals surface area contributed by atoms with Crippen LogP contribution in [0.2, 0.25) is 5.02 Å². The summed E-state index contributed by atoms with van der Waals surface area (Å²) >= 11 is 6.07. The average Bonchev–Trinajstić information content (AvgIpc) is 3.18. The second kappa shape index (κ2) is 8.59. The average molecular weight is 405 g/mol. The summed E-state index contributed by atoms with van der Waals surface area (Å²) in [4.78, 5) is 24.0. The van der Waals surface area contributed by atoms with Crippen LogP contribution in [-0.4, -0.2) is 11.7 Å². The van der Waals surface area contributed by atoms with Crippen molar-refractivity contribution in [1.29, 1.82) is 5.26 Å². The smallest absolute Gasteiger partial charge is 0.266 e. The van der Waals surface area contributed by atoms with E-state index in [-0.39, 0.29) is 11.4 Å². The first-order valence-electron chi connectivity index (χ1n) is 8.78. The molecule has 3 aromatic rings. The number of ketones is 1. The van der Waals surface area contributed by atoms with E-state index in [9.17, 15) is 14.9 Å². The number of hydrogen-bond donors (Lipinski definition) is 1. The highest BCUT2D eigenvalue weighted by Gasteiger charge is 2.13. The number of hydrogen-bond acceptors (Lipinski definition) is 4. The van der Waals surface area contributed by atoms with Gasteiger partial charge in [-0.2, -0.15) is 5.26 Å². The molecular weight excluding hydrogens is 388 g/mol. The number of carbonyl (C=O) groups is 2. The van der Waals surface area contributed by atoms with Crippen molar-refractivity contribution in [2.45, 2.75) is 13.8 Å². The monoisotopic (exact) mass is 404 g/mol. The molecule has 0 aliphatic rings. The van der Waals surface area contributed by atoms with Crippen molar-refractivity contribution >= 4 is 35.1 Å². The number of nitrogens with zero attached hydrogens (tertiary/aromatic N) is 1. The predicted octanol–water partition coefficient (Wildman–Crippen LogP) is 5.66. The fourth-order valence-electron chi connectivity index (χ4n) is 2.70. The van der Waals surface area contributed by atoms with E-state index in [4.69, 9.17) is 16.0 Å². The normalized spacial score (nSPS) is 11.0. The van der Waals surface area contributed by atoms with Crippen LogP contribution in [0.4, 0.5) is 5.69 Å². The van der Waals surface area contributed by atoms with E-state index in [1.54, 1.807) is 55.5 Å². The van der Waals surface area contributed by atoms with Crippen LogP contribution in [0.25, 0.3) is 17.4 Å². The molecule has 0 fully saturated rings. The highest BCUT2D eigenvalue weighted by molar-refractivity contribution is 6.31. The molecule has 1 aromatic heterocycles. The van der Waals surface area contributed by atoms with E-state index in [1.165, 1.54) is 13.0 Å². The fraction of sp³-hybridized carbons (Fsp3) is 0.0870. The Kier molecular flexibility index (Phi) is 5.96. The van der Waals surface area contributed by atoms with E-state index in [1.807, 2.05) is 12.1 Å². The van der Waals surface area contributed by atoms with Crippen LogP contribution in [0.5, 0.6) is 0 Å². The number of anilines is 1. The van der Waals surface area contributed by atoms with Crippen molar-refractivity contribution in [3.63, 3.8) is 0 Å². The lowest BCUT2D eigenvalue weighted by Gasteiger charge is -2.08. The summed E-state index contributed by atoms with van der Waals surface area (Å²) in [6, 6.07) is 17.5. The Bertz CT molecular complexity index is 1170. The molecular formula is C23H17ClN2O3. The first-order chi connectivity index (χ1) is 13.9. The molecule has 0 bridgehead atoms. The van der Waals surface area contributed by atoms with Gasteiger partial charge >= 0.3 is 0 Å². The maximum Gasteiger partial charge on any atom is 0.266 e. The van der Waals surface area contributed by atoms with Gasteiger partial charge in [0.15, 0.2) is 5.78 Å². The zero-order chi connectivity index (χ0) is 21.0. The number of carbonyl (C=O) groups excluding carboxylic acids is 2. The summed E-state index contributed by atoms with van der Waals surface area (Å²) in [5.41, 5.74) is 2.44. The molecule has 1 amide bonds. The molecule has 144 valence electrons. The van der Waals surface area contributed by atoms with Crippen LogP contribution in [0.15, 0.2) is 64.6 Å². The minimum absolute atomic E-state index is 0.0433. The summed E-state index contributed by atoms with van der Waals surface area (Å²) in [6.45, 7) is 3.27. The van der Waals surface area contributed by atoms with Crippen molar-refractivity contribution in [2.24, 2.45) is 0 Å². The number of nitrogens with one attached hydrogen (secondary N) is 1. The van der Waals surface area contributed by atoms with Crippen molar-refractivity contribution < 1.29 is 14.0 Å². The minimum atomic E-state index is -0.561. The lowest BCUT2D eigenvalue weighted by Crippen LogP contribution is -2.14. The second-order valence-corrected chi connectivity index (χ2v) is 6.78. The van der Waals surface area contributed by atoms with Gasteiger partial charge in [0.2, 0.25) is 0 Å². The molecule has 2 aromatic carbocycles. The molecule has 0 radical (unpaired) electrons. The molecule has 5 nitrogen and oxygen atoms in total. The Morgan fingerprint density at radius 3 is 2.62 bits per heavy atom. The summed E-state index contributed by atoms with van der Waals surface area (Å²) in [7, 11) is 0. The number of halogens is 1. The number of benzene rings is 2. The molecule has 1 N–H and O–H groups in total. The molecule has 1 heterocycles. The number of Topliss-reactive ketones (excluding diaryl/α,β-unsaturated/α-hetero) is 1. The molecule has 0 unspecified atom stereocenters. The second-order valence-electron chi connectivity index (χ2n) is 6.38. The molecule has 29 heavy (non-hydrogen) atoms. The molecule has 0 spiro atoms. The third kappa shape index (κ3) is 4.63. The molecule has 0 atom stereocenters. The summed E-state index contributed by atoms with van der Waals surface area (Å²) in [5, 5.41) is 12.6. The third-order valence-electron chi connectivity index (χ3n) is 4.35. The Morgan fingerprint density at radius 2 is 1.90 bits per heavy atom. The van der Waals surface area contributed by atoms with Gasteiger partial charge in [-0.3, -0.25) is 9.59 Å². The van der Waals surface area contributed by atoms with Gasteiger partial charge in [0.1, 0.15) is 23.2 Å². The van der Waals surface area contributed by atoms with Gasteiger partial charge in [-0.15, -0.1) is 0 Å². The molecule has 3 rings (SSSR count). The van der Waals surface area contributed by atoms with E-state index >= 15 is 0 Å². The zero-order valence-corrected chi connectivity index (χ0v) is 16.6. The van der Waals surface area contributed by atoms with Crippen molar-refractivity contribution in [2.75, 3.05) is 5.32 Å². The summed E-state index contributed by atoms with van der Waals surface area (Å²) in [6.07, 6.45) is 1.37.